The monoisotopic (exact) mass is 312 g/mol. The second kappa shape index (κ2) is 7.20. The molecule has 0 aromatic heterocycles. The summed E-state index contributed by atoms with van der Waals surface area (Å²) in [6.45, 7) is 0. The maximum atomic E-state index is 10.0. The Morgan fingerprint density at radius 3 is 2.42 bits per heavy atom. The van der Waals surface area contributed by atoms with E-state index in [1.165, 1.54) is 0 Å². The maximum absolute atomic E-state index is 10.0. The molecule has 4 heteroatoms. The van der Waals surface area contributed by atoms with Gasteiger partial charge in [0.05, 0.1) is 6.10 Å². The highest BCUT2D eigenvalue weighted by atomic mass is 35.5. The Balaban J connectivity index is 1.84. The van der Waals surface area contributed by atoms with E-state index in [-0.39, 0.29) is 6.10 Å². The van der Waals surface area contributed by atoms with Crippen LogP contribution in [-0.4, -0.2) is 17.0 Å². The van der Waals surface area contributed by atoms with Crippen molar-refractivity contribution in [1.29, 1.82) is 0 Å². The average Bonchev–Trinajstić information content (AvgIpc) is 2.39. The molecule has 0 heterocycles. The van der Waals surface area contributed by atoms with Gasteiger partial charge in [-0.05, 0) is 42.3 Å². The van der Waals surface area contributed by atoms with Gasteiger partial charge < -0.3 is 5.11 Å². The van der Waals surface area contributed by atoms with Crippen LogP contribution in [-0.2, 0) is 6.42 Å². The molecule has 1 atom stereocenters. The van der Waals surface area contributed by atoms with Crippen LogP contribution in [0.25, 0.3) is 0 Å². The number of rotatable bonds is 5. The summed E-state index contributed by atoms with van der Waals surface area (Å²) in [4.78, 5) is 1.07. The van der Waals surface area contributed by atoms with Gasteiger partial charge in [-0.25, -0.2) is 0 Å². The van der Waals surface area contributed by atoms with Crippen LogP contribution in [0, 0.1) is 0 Å². The standard InChI is InChI=1S/C15H14Cl2OS/c16-12-6-4-11(5-7-12)8-14(18)10-19-15-3-1-2-13(17)9-15/h1-7,9,14,18H,8,10H2. The van der Waals surface area contributed by atoms with Crippen molar-refractivity contribution >= 4 is 35.0 Å². The van der Waals surface area contributed by atoms with Crippen molar-refractivity contribution < 1.29 is 5.11 Å². The van der Waals surface area contributed by atoms with Crippen molar-refractivity contribution in [2.45, 2.75) is 17.4 Å². The first-order valence-electron chi connectivity index (χ1n) is 5.94. The molecule has 1 N–H and O–H groups in total. The number of halogens is 2. The van der Waals surface area contributed by atoms with E-state index in [4.69, 9.17) is 23.2 Å². The Kier molecular flexibility index (Phi) is 5.59. The lowest BCUT2D eigenvalue weighted by Crippen LogP contribution is -2.13. The van der Waals surface area contributed by atoms with Crippen LogP contribution in [0.2, 0.25) is 10.0 Å². The third-order valence-corrected chi connectivity index (χ3v) is 4.25. The molecule has 0 radical (unpaired) electrons. The molecule has 2 aromatic rings. The van der Waals surface area contributed by atoms with Crippen LogP contribution in [0.15, 0.2) is 53.4 Å². The molecule has 0 amide bonds. The first-order chi connectivity index (χ1) is 9.13. The van der Waals surface area contributed by atoms with E-state index in [0.29, 0.717) is 17.2 Å². The molecule has 0 saturated carbocycles. The molecule has 0 aliphatic heterocycles. The summed E-state index contributed by atoms with van der Waals surface area (Å²) in [6, 6.07) is 15.2. The Hall–Kier alpha value is -0.670. The van der Waals surface area contributed by atoms with Gasteiger partial charge in [0, 0.05) is 20.7 Å². The van der Waals surface area contributed by atoms with E-state index in [1.807, 2.05) is 48.5 Å². The molecule has 1 unspecified atom stereocenters. The minimum Gasteiger partial charge on any atom is -0.392 e. The summed E-state index contributed by atoms with van der Waals surface area (Å²) in [5, 5.41) is 11.4. The summed E-state index contributed by atoms with van der Waals surface area (Å²) in [5.41, 5.74) is 1.09. The highest BCUT2D eigenvalue weighted by molar-refractivity contribution is 7.99. The van der Waals surface area contributed by atoms with Crippen LogP contribution in [0.1, 0.15) is 5.56 Å². The first-order valence-corrected chi connectivity index (χ1v) is 7.68. The van der Waals surface area contributed by atoms with Crippen LogP contribution in [0.4, 0.5) is 0 Å². The third-order valence-electron chi connectivity index (χ3n) is 2.62. The second-order valence-electron chi connectivity index (χ2n) is 4.25. The smallest absolute Gasteiger partial charge is 0.0674 e. The molecule has 0 saturated heterocycles. The van der Waals surface area contributed by atoms with Gasteiger partial charge in [-0.15, -0.1) is 11.8 Å². The van der Waals surface area contributed by atoms with Crippen LogP contribution >= 0.6 is 35.0 Å². The van der Waals surface area contributed by atoms with E-state index in [9.17, 15) is 5.11 Å². The molecule has 2 aromatic carbocycles. The highest BCUT2D eigenvalue weighted by Crippen LogP contribution is 2.23. The molecule has 0 spiro atoms. The number of aliphatic hydroxyl groups excluding tert-OH is 1. The lowest BCUT2D eigenvalue weighted by atomic mass is 10.1. The zero-order valence-corrected chi connectivity index (χ0v) is 12.6. The summed E-state index contributed by atoms with van der Waals surface area (Å²) in [6.07, 6.45) is 0.246. The van der Waals surface area contributed by atoms with E-state index in [0.717, 1.165) is 15.5 Å². The summed E-state index contributed by atoms with van der Waals surface area (Å²) in [7, 11) is 0. The Bertz CT molecular complexity index is 528. The molecule has 1 nitrogen and oxygen atoms in total. The largest absolute Gasteiger partial charge is 0.392 e. The Morgan fingerprint density at radius 1 is 1.00 bits per heavy atom. The van der Waals surface area contributed by atoms with E-state index >= 15 is 0 Å². The molecule has 0 fully saturated rings. The Morgan fingerprint density at radius 2 is 1.74 bits per heavy atom. The van der Waals surface area contributed by atoms with Crippen LogP contribution in [0.5, 0.6) is 0 Å². The summed E-state index contributed by atoms with van der Waals surface area (Å²) < 4.78 is 0. The van der Waals surface area contributed by atoms with Gasteiger partial charge in [0.25, 0.3) is 0 Å². The fourth-order valence-corrected chi connectivity index (χ4v) is 2.97. The quantitative estimate of drug-likeness (QED) is 0.808. The van der Waals surface area contributed by atoms with Crippen molar-refractivity contribution in [3.8, 4) is 0 Å². The SMILES string of the molecule is OC(CSc1cccc(Cl)c1)Cc1ccc(Cl)cc1. The molecule has 0 aliphatic carbocycles. The van der Waals surface area contributed by atoms with Gasteiger partial charge in [0.1, 0.15) is 0 Å². The topological polar surface area (TPSA) is 20.2 Å². The van der Waals surface area contributed by atoms with Gasteiger partial charge in [-0.1, -0.05) is 41.4 Å². The van der Waals surface area contributed by atoms with Crippen molar-refractivity contribution in [2.24, 2.45) is 0 Å². The minimum absolute atomic E-state index is 0.384. The zero-order valence-electron chi connectivity index (χ0n) is 10.2. The van der Waals surface area contributed by atoms with E-state index in [1.54, 1.807) is 11.8 Å². The predicted octanol–water partition coefficient (Wildman–Crippen LogP) is 4.69. The van der Waals surface area contributed by atoms with Gasteiger partial charge in [0.2, 0.25) is 0 Å². The molecule has 2 rings (SSSR count). The fraction of sp³-hybridized carbons (Fsp3) is 0.200. The normalized spacial score (nSPS) is 12.4. The molecular formula is C15H14Cl2OS. The lowest BCUT2D eigenvalue weighted by Gasteiger charge is -2.10. The summed E-state index contributed by atoms with van der Waals surface area (Å²) in [5.74, 6) is 0.642. The van der Waals surface area contributed by atoms with Gasteiger partial charge in [-0.2, -0.15) is 0 Å². The predicted molar refractivity (Wildman–Crippen MR) is 83.3 cm³/mol. The molecule has 0 bridgehead atoms. The molecule has 100 valence electrons. The zero-order chi connectivity index (χ0) is 13.7. The van der Waals surface area contributed by atoms with Crippen LogP contribution in [0.3, 0.4) is 0 Å². The van der Waals surface area contributed by atoms with Crippen molar-refractivity contribution in [3.63, 3.8) is 0 Å². The van der Waals surface area contributed by atoms with Gasteiger partial charge >= 0.3 is 0 Å². The maximum Gasteiger partial charge on any atom is 0.0674 e. The number of thioether (sulfide) groups is 1. The molecule has 19 heavy (non-hydrogen) atoms. The van der Waals surface area contributed by atoms with Crippen molar-refractivity contribution in [1.82, 2.24) is 0 Å². The summed E-state index contributed by atoms with van der Waals surface area (Å²) >= 11 is 13.3. The molecular weight excluding hydrogens is 299 g/mol. The Labute approximate surface area is 127 Å². The number of hydrogen-bond donors (Lipinski definition) is 1. The van der Waals surface area contributed by atoms with E-state index < -0.39 is 0 Å². The number of hydrogen-bond acceptors (Lipinski definition) is 2. The minimum atomic E-state index is -0.384. The first kappa shape index (κ1) is 14.7. The third kappa shape index (κ3) is 5.07. The van der Waals surface area contributed by atoms with Gasteiger partial charge in [0.15, 0.2) is 0 Å². The highest BCUT2D eigenvalue weighted by Gasteiger charge is 2.07. The van der Waals surface area contributed by atoms with Crippen molar-refractivity contribution in [2.75, 3.05) is 5.75 Å². The molecule has 0 aliphatic rings. The van der Waals surface area contributed by atoms with Gasteiger partial charge in [-0.3, -0.25) is 0 Å². The number of aliphatic hydroxyl groups is 1. The number of benzene rings is 2. The van der Waals surface area contributed by atoms with Crippen LogP contribution < -0.4 is 0 Å². The lowest BCUT2D eigenvalue weighted by molar-refractivity contribution is 0.200. The average molecular weight is 313 g/mol. The fourth-order valence-electron chi connectivity index (χ4n) is 1.70. The van der Waals surface area contributed by atoms with E-state index in [2.05, 4.69) is 0 Å². The second-order valence-corrected chi connectivity index (χ2v) is 6.22. The van der Waals surface area contributed by atoms with Crippen molar-refractivity contribution in [3.05, 3.63) is 64.1 Å².